The topological polar surface area (TPSA) is 81.8 Å². The fourth-order valence-corrected chi connectivity index (χ4v) is 2.79. The van der Waals surface area contributed by atoms with Gasteiger partial charge in [0, 0.05) is 38.3 Å². The zero-order valence-corrected chi connectivity index (χ0v) is 13.8. The highest BCUT2D eigenvalue weighted by atomic mass is 16.5. The molecule has 1 saturated heterocycles. The Bertz CT molecular complexity index is 509. The molecule has 0 spiro atoms. The second-order valence-corrected chi connectivity index (χ2v) is 6.68. The second kappa shape index (κ2) is 6.66. The number of aryl methyl sites for hydroxylation is 1. The van der Waals surface area contributed by atoms with Crippen LogP contribution in [0.2, 0.25) is 0 Å². The van der Waals surface area contributed by atoms with Gasteiger partial charge in [-0.25, -0.2) is 4.79 Å². The number of β-amino-alcohol motifs (C(OH)–C–C–N with tert-alkyl or cyclic N) is 1. The summed E-state index contributed by atoms with van der Waals surface area (Å²) in [4.78, 5) is 16.3. The Balaban J connectivity index is 1.81. The summed E-state index contributed by atoms with van der Waals surface area (Å²) in [5.41, 5.74) is 0.0896. The van der Waals surface area contributed by atoms with Crippen LogP contribution in [0.3, 0.4) is 0 Å². The standard InChI is InChI=1S/C15H26N4O3/c1-11-7-13(22-17-11)8-16-14(20)19-6-5-18(9-12(19)2)10-15(3,4)21/h7,12,21H,5-6,8-10H2,1-4H3,(H,16,20)/t12-/m0/s1. The molecule has 0 aromatic carbocycles. The van der Waals surface area contributed by atoms with Gasteiger partial charge >= 0.3 is 6.03 Å². The number of urea groups is 1. The van der Waals surface area contributed by atoms with E-state index < -0.39 is 5.60 Å². The molecule has 0 unspecified atom stereocenters. The molecule has 0 bridgehead atoms. The molecule has 124 valence electrons. The summed E-state index contributed by atoms with van der Waals surface area (Å²) in [6.07, 6.45) is 0. The quantitative estimate of drug-likeness (QED) is 0.866. The van der Waals surface area contributed by atoms with E-state index in [0.29, 0.717) is 25.4 Å². The van der Waals surface area contributed by atoms with E-state index in [-0.39, 0.29) is 12.1 Å². The van der Waals surface area contributed by atoms with Gasteiger partial charge in [0.1, 0.15) is 0 Å². The first-order valence-corrected chi connectivity index (χ1v) is 7.66. The van der Waals surface area contributed by atoms with E-state index >= 15 is 0 Å². The first kappa shape index (κ1) is 16.8. The molecule has 0 aliphatic carbocycles. The molecular weight excluding hydrogens is 284 g/mol. The van der Waals surface area contributed by atoms with Gasteiger partial charge in [-0.15, -0.1) is 0 Å². The van der Waals surface area contributed by atoms with Gasteiger partial charge in [0.15, 0.2) is 5.76 Å². The molecule has 2 rings (SSSR count). The van der Waals surface area contributed by atoms with Crippen molar-refractivity contribution >= 4 is 6.03 Å². The predicted molar refractivity (Wildman–Crippen MR) is 82.4 cm³/mol. The highest BCUT2D eigenvalue weighted by Crippen LogP contribution is 2.13. The molecule has 1 fully saturated rings. The van der Waals surface area contributed by atoms with E-state index in [1.165, 1.54) is 0 Å². The van der Waals surface area contributed by atoms with E-state index in [1.807, 2.05) is 24.8 Å². The van der Waals surface area contributed by atoms with Crippen molar-refractivity contribution in [2.75, 3.05) is 26.2 Å². The molecule has 0 radical (unpaired) electrons. The van der Waals surface area contributed by atoms with Crippen molar-refractivity contribution in [1.29, 1.82) is 0 Å². The zero-order valence-electron chi connectivity index (χ0n) is 13.8. The molecule has 1 aliphatic rings. The van der Waals surface area contributed by atoms with Gasteiger partial charge in [-0.05, 0) is 27.7 Å². The average Bonchev–Trinajstić information content (AvgIpc) is 2.80. The molecule has 2 amide bonds. The molecule has 1 aliphatic heterocycles. The Morgan fingerprint density at radius 1 is 1.55 bits per heavy atom. The molecule has 22 heavy (non-hydrogen) atoms. The third kappa shape index (κ3) is 4.71. The largest absolute Gasteiger partial charge is 0.389 e. The number of aromatic nitrogens is 1. The number of amides is 2. The smallest absolute Gasteiger partial charge is 0.318 e. The van der Waals surface area contributed by atoms with Crippen LogP contribution in [0.25, 0.3) is 0 Å². The Morgan fingerprint density at radius 3 is 2.82 bits per heavy atom. The summed E-state index contributed by atoms with van der Waals surface area (Å²) in [6.45, 7) is 10.6. The highest BCUT2D eigenvalue weighted by molar-refractivity contribution is 5.74. The third-order valence-electron chi connectivity index (χ3n) is 3.67. The summed E-state index contributed by atoms with van der Waals surface area (Å²) in [5, 5.41) is 16.5. The third-order valence-corrected chi connectivity index (χ3v) is 3.67. The van der Waals surface area contributed by atoms with Gasteiger partial charge < -0.3 is 19.8 Å². The van der Waals surface area contributed by atoms with E-state index in [1.54, 1.807) is 13.8 Å². The van der Waals surface area contributed by atoms with E-state index in [0.717, 1.165) is 18.8 Å². The van der Waals surface area contributed by atoms with Crippen molar-refractivity contribution < 1.29 is 14.4 Å². The maximum atomic E-state index is 12.3. The Kier molecular flexibility index (Phi) is 5.08. The van der Waals surface area contributed by atoms with Gasteiger partial charge in [-0.2, -0.15) is 0 Å². The van der Waals surface area contributed by atoms with Gasteiger partial charge in [-0.3, -0.25) is 4.90 Å². The summed E-state index contributed by atoms with van der Waals surface area (Å²) in [7, 11) is 0. The average molecular weight is 310 g/mol. The van der Waals surface area contributed by atoms with Crippen LogP contribution >= 0.6 is 0 Å². The van der Waals surface area contributed by atoms with E-state index in [4.69, 9.17) is 4.52 Å². The SMILES string of the molecule is Cc1cc(CNC(=O)N2CCN(CC(C)(C)O)C[C@@H]2C)on1. The second-order valence-electron chi connectivity index (χ2n) is 6.68. The lowest BCUT2D eigenvalue weighted by molar-refractivity contribution is 0.0118. The molecule has 1 atom stereocenters. The summed E-state index contributed by atoms with van der Waals surface area (Å²) in [6, 6.07) is 1.82. The van der Waals surface area contributed by atoms with Crippen molar-refractivity contribution in [3.05, 3.63) is 17.5 Å². The van der Waals surface area contributed by atoms with Crippen LogP contribution in [0, 0.1) is 6.92 Å². The number of hydrogen-bond donors (Lipinski definition) is 2. The number of hydrogen-bond acceptors (Lipinski definition) is 5. The summed E-state index contributed by atoms with van der Waals surface area (Å²) in [5.74, 6) is 0.652. The van der Waals surface area contributed by atoms with Crippen LogP contribution in [-0.2, 0) is 6.54 Å². The molecule has 7 heteroatoms. The maximum Gasteiger partial charge on any atom is 0.318 e. The molecule has 0 saturated carbocycles. The number of piperazine rings is 1. The van der Waals surface area contributed by atoms with Gasteiger partial charge in [0.2, 0.25) is 0 Å². The van der Waals surface area contributed by atoms with Gasteiger partial charge in [0.25, 0.3) is 0 Å². The fraction of sp³-hybridized carbons (Fsp3) is 0.733. The number of nitrogens with zero attached hydrogens (tertiary/aromatic N) is 3. The minimum absolute atomic E-state index is 0.0931. The van der Waals surface area contributed by atoms with Crippen LogP contribution in [0.4, 0.5) is 4.79 Å². The molecule has 1 aromatic rings. The van der Waals surface area contributed by atoms with Crippen LogP contribution in [0.1, 0.15) is 32.2 Å². The molecule has 7 nitrogen and oxygen atoms in total. The Labute approximate surface area is 131 Å². The van der Waals surface area contributed by atoms with Crippen molar-refractivity contribution in [3.8, 4) is 0 Å². The van der Waals surface area contributed by atoms with E-state index in [9.17, 15) is 9.90 Å². The monoisotopic (exact) mass is 310 g/mol. The van der Waals surface area contributed by atoms with Crippen molar-refractivity contribution in [2.45, 2.75) is 45.9 Å². The van der Waals surface area contributed by atoms with E-state index in [2.05, 4.69) is 15.4 Å². The lowest BCUT2D eigenvalue weighted by atomic mass is 10.1. The molecule has 2 N–H and O–H groups in total. The minimum Gasteiger partial charge on any atom is -0.389 e. The number of rotatable bonds is 4. The number of carbonyl (C=O) groups is 1. The first-order chi connectivity index (χ1) is 10.2. The predicted octanol–water partition coefficient (Wildman–Crippen LogP) is 0.970. The van der Waals surface area contributed by atoms with Crippen LogP contribution < -0.4 is 5.32 Å². The van der Waals surface area contributed by atoms with Crippen molar-refractivity contribution in [3.63, 3.8) is 0 Å². The zero-order chi connectivity index (χ0) is 16.3. The Hall–Kier alpha value is -1.60. The normalized spacial score (nSPS) is 20.2. The highest BCUT2D eigenvalue weighted by Gasteiger charge is 2.29. The summed E-state index contributed by atoms with van der Waals surface area (Å²) < 4.78 is 5.08. The molecule has 2 heterocycles. The lowest BCUT2D eigenvalue weighted by Crippen LogP contribution is -2.58. The lowest BCUT2D eigenvalue weighted by Gasteiger charge is -2.41. The molecule has 1 aromatic heterocycles. The summed E-state index contributed by atoms with van der Waals surface area (Å²) >= 11 is 0. The molecular formula is C15H26N4O3. The van der Waals surface area contributed by atoms with Crippen molar-refractivity contribution in [2.24, 2.45) is 0 Å². The number of carbonyl (C=O) groups excluding carboxylic acids is 1. The van der Waals surface area contributed by atoms with Crippen LogP contribution in [-0.4, -0.2) is 63.9 Å². The van der Waals surface area contributed by atoms with Gasteiger partial charge in [-0.1, -0.05) is 5.16 Å². The first-order valence-electron chi connectivity index (χ1n) is 7.66. The van der Waals surface area contributed by atoms with Gasteiger partial charge in [0.05, 0.1) is 17.8 Å². The van der Waals surface area contributed by atoms with Crippen LogP contribution in [0.15, 0.2) is 10.6 Å². The van der Waals surface area contributed by atoms with Crippen molar-refractivity contribution in [1.82, 2.24) is 20.3 Å². The number of nitrogens with one attached hydrogen (secondary N) is 1. The van der Waals surface area contributed by atoms with Crippen LogP contribution in [0.5, 0.6) is 0 Å². The maximum absolute atomic E-state index is 12.3. The fourth-order valence-electron chi connectivity index (χ4n) is 2.79. The minimum atomic E-state index is -0.714. The Morgan fingerprint density at radius 2 is 2.27 bits per heavy atom. The number of aliphatic hydroxyl groups is 1.